The van der Waals surface area contributed by atoms with Gasteiger partial charge in [0, 0.05) is 84.6 Å². The van der Waals surface area contributed by atoms with Crippen molar-refractivity contribution in [2.24, 2.45) is 11.5 Å². The number of unbranched alkanes of at least 4 members (excludes halogenated alkanes) is 13. The molecular weight excluding hydrogens is 873 g/mol. The zero-order chi connectivity index (χ0) is 45.7. The number of aliphatic hydroxyl groups is 1. The van der Waals surface area contributed by atoms with Crippen LogP contribution >= 0.6 is 0 Å². The Labute approximate surface area is 395 Å². The number of primary amides is 1. The van der Waals surface area contributed by atoms with Crippen LogP contribution in [-0.4, -0.2) is 121 Å². The number of Topliss-reactive ketones (excluding diaryl/α,β-unsaturated/α-hetero) is 1. The van der Waals surface area contributed by atoms with Crippen LogP contribution in [0.3, 0.4) is 0 Å². The third-order valence-electron chi connectivity index (χ3n) is 10.4. The molecule has 1 fully saturated rings. The van der Waals surface area contributed by atoms with E-state index in [0.29, 0.717) is 51.7 Å². The van der Waals surface area contributed by atoms with Crippen molar-refractivity contribution in [3.63, 3.8) is 0 Å². The number of likely N-dealkylation sites (tertiary alicyclic amines) is 1. The second-order valence-electron chi connectivity index (χ2n) is 15.8. The van der Waals surface area contributed by atoms with Gasteiger partial charge in [-0.3, -0.25) is 49.6 Å². The molecule has 352 valence electrons. The number of carbonyl (C=O) groups excluding carboxylic acids is 7. The molecule has 1 saturated heterocycles. The minimum Gasteiger partial charge on any atom is -0.669 e. The molecule has 11 N–H and O–H groups in total. The van der Waals surface area contributed by atoms with Crippen molar-refractivity contribution in [3.05, 3.63) is 17.2 Å². The predicted molar refractivity (Wildman–Crippen MR) is 235 cm³/mol. The summed E-state index contributed by atoms with van der Waals surface area (Å²) in [6.45, 7) is 10.6. The van der Waals surface area contributed by atoms with Crippen LogP contribution in [-0.2, 0) is 66.3 Å². The van der Waals surface area contributed by atoms with Crippen LogP contribution in [0.25, 0.3) is 10.6 Å². The predicted octanol–water partition coefficient (Wildman–Crippen LogP) is 2.91. The van der Waals surface area contributed by atoms with Gasteiger partial charge in [0.1, 0.15) is 11.8 Å². The maximum atomic E-state index is 12.4. The first kappa shape index (κ1) is 61.2. The maximum Gasteiger partial charge on any atom is 0.300 e. The molecule has 1 heterocycles. The van der Waals surface area contributed by atoms with Crippen molar-refractivity contribution in [1.29, 1.82) is 0 Å². The number of nitrogens with zero attached hydrogens (tertiary/aromatic N) is 2. The number of carbonyl (C=O) groups is 6. The summed E-state index contributed by atoms with van der Waals surface area (Å²) < 4.78 is 0. The number of hydrogen-bond donors (Lipinski definition) is 7. The van der Waals surface area contributed by atoms with Crippen molar-refractivity contribution in [3.8, 4) is 0 Å². The van der Waals surface area contributed by atoms with E-state index in [2.05, 4.69) is 26.1 Å². The molecule has 18 nitrogen and oxygen atoms in total. The zero-order valence-electron chi connectivity index (χ0n) is 37.3. The summed E-state index contributed by atoms with van der Waals surface area (Å²) in [5, 5.41) is 19.9. The topological polar surface area (TPSA) is 295 Å². The summed E-state index contributed by atoms with van der Waals surface area (Å²) in [6.07, 6.45) is 21.1. The smallest absolute Gasteiger partial charge is 0.300 e. The Balaban J connectivity index is 0. The molecule has 5 atom stereocenters. The van der Waals surface area contributed by atoms with Crippen LogP contribution in [0.5, 0.6) is 0 Å². The minimum atomic E-state index is -0.914. The Hall–Kier alpha value is -2.92. The van der Waals surface area contributed by atoms with Crippen LogP contribution in [0.4, 0.5) is 0 Å². The van der Waals surface area contributed by atoms with Crippen LogP contribution < -0.4 is 38.5 Å². The number of nitrogens with two attached hydrogens (primary N) is 2. The van der Waals surface area contributed by atoms with Crippen LogP contribution in [0.2, 0.25) is 0 Å². The Morgan fingerprint density at radius 1 is 0.790 bits per heavy atom. The molecule has 0 aromatic carbocycles. The Bertz CT molecular complexity index is 1310. The Morgan fingerprint density at radius 2 is 1.24 bits per heavy atom. The van der Waals surface area contributed by atoms with Gasteiger partial charge in [0.2, 0.25) is 29.5 Å². The van der Waals surface area contributed by atoms with Crippen molar-refractivity contribution < 1.29 is 71.4 Å². The first-order chi connectivity index (χ1) is 29.3. The van der Waals surface area contributed by atoms with Crippen molar-refractivity contribution >= 4 is 41.6 Å². The summed E-state index contributed by atoms with van der Waals surface area (Å²) in [7, 11) is 0. The average molecular weight is 951 g/mol. The quantitative estimate of drug-likeness (QED) is 0.0356. The van der Waals surface area contributed by atoms with Crippen LogP contribution in [0, 0.1) is 6.57 Å². The SMILES string of the molecule is C[C@@H]([NH-])C(=O)CN[C@@H](CO)C(N)=O.[C-]#[N+][C@@H]1CCCN1C(=O)C(N)CCC(=O)NCCCCCCCCCC(=O)NCCCCCCCCCC(=O)NCCCC[C@H]([NH])[C-]=O.[Y]. The summed E-state index contributed by atoms with van der Waals surface area (Å²) in [4.78, 5) is 85.2. The molecule has 0 aromatic rings. The summed E-state index contributed by atoms with van der Waals surface area (Å²) in [6, 6.07) is -3.25. The molecule has 1 rings (SSSR count). The average Bonchev–Trinajstić information content (AvgIpc) is 3.73. The largest absolute Gasteiger partial charge is 0.669 e. The second kappa shape index (κ2) is 40.8. The van der Waals surface area contributed by atoms with E-state index >= 15 is 0 Å². The molecule has 0 bridgehead atoms. The third-order valence-corrected chi connectivity index (χ3v) is 10.4. The molecule has 1 aliphatic rings. The molecule has 0 aromatic heterocycles. The first-order valence-corrected chi connectivity index (χ1v) is 22.5. The molecule has 0 aliphatic carbocycles. The monoisotopic (exact) mass is 950 g/mol. The summed E-state index contributed by atoms with van der Waals surface area (Å²) in [5.41, 5.74) is 25.2. The first-order valence-electron chi connectivity index (χ1n) is 22.5. The van der Waals surface area contributed by atoms with Crippen LogP contribution in [0.15, 0.2) is 0 Å². The van der Waals surface area contributed by atoms with E-state index in [1.54, 1.807) is 11.2 Å². The number of amides is 5. The number of rotatable bonds is 36. The molecular formula is C43H77N10O8Y-2. The van der Waals surface area contributed by atoms with E-state index in [4.69, 9.17) is 34.6 Å². The molecule has 19 heteroatoms. The van der Waals surface area contributed by atoms with Gasteiger partial charge in [0.15, 0.2) is 0 Å². The third kappa shape index (κ3) is 33.6. The van der Waals surface area contributed by atoms with E-state index in [1.165, 1.54) is 6.92 Å². The Morgan fingerprint density at radius 3 is 1.68 bits per heavy atom. The summed E-state index contributed by atoms with van der Waals surface area (Å²) >= 11 is 0. The van der Waals surface area contributed by atoms with Gasteiger partial charge in [-0.1, -0.05) is 96.1 Å². The maximum absolute atomic E-state index is 12.4. The molecule has 62 heavy (non-hydrogen) atoms. The molecule has 1 unspecified atom stereocenters. The normalized spacial score (nSPS) is 15.0. The fourth-order valence-corrected chi connectivity index (χ4v) is 6.47. The number of hydrogen-bond acceptors (Lipinski definition) is 10. The van der Waals surface area contributed by atoms with Crippen LogP contribution in [0.1, 0.15) is 155 Å². The van der Waals surface area contributed by atoms with E-state index in [1.807, 2.05) is 0 Å². The molecule has 5 amide bonds. The van der Waals surface area contributed by atoms with Gasteiger partial charge in [-0.05, 0) is 44.9 Å². The Kier molecular flexibility index (Phi) is 40.3. The molecule has 0 saturated carbocycles. The fourth-order valence-electron chi connectivity index (χ4n) is 6.47. The van der Waals surface area contributed by atoms with E-state index in [-0.39, 0.29) is 75.1 Å². The number of aliphatic hydroxyl groups excluding tert-OH is 1. The van der Waals surface area contributed by atoms with Crippen molar-refractivity contribution in [2.75, 3.05) is 39.3 Å². The van der Waals surface area contributed by atoms with E-state index in [9.17, 15) is 33.6 Å². The van der Waals surface area contributed by atoms with Gasteiger partial charge in [0.05, 0.1) is 19.2 Å². The summed E-state index contributed by atoms with van der Waals surface area (Å²) in [5.74, 6) is -1.17. The van der Waals surface area contributed by atoms with Gasteiger partial charge in [-0.25, -0.2) is 12.9 Å². The van der Waals surface area contributed by atoms with Gasteiger partial charge in [-0.15, -0.1) is 0 Å². The van der Waals surface area contributed by atoms with Gasteiger partial charge in [0.25, 0.3) is 0 Å². The van der Waals surface area contributed by atoms with Gasteiger partial charge >= 0.3 is 6.17 Å². The second-order valence-corrected chi connectivity index (χ2v) is 15.8. The van der Waals surface area contributed by atoms with Crippen molar-refractivity contribution in [1.82, 2.24) is 31.9 Å². The van der Waals surface area contributed by atoms with E-state index < -0.39 is 42.8 Å². The molecule has 1 aliphatic heterocycles. The number of ketones is 1. The van der Waals surface area contributed by atoms with Gasteiger partial charge < -0.3 is 43.1 Å². The number of nitrogens with one attached hydrogen (secondary N) is 6. The van der Waals surface area contributed by atoms with Crippen molar-refractivity contribution in [2.45, 2.75) is 185 Å². The van der Waals surface area contributed by atoms with Gasteiger partial charge in [-0.2, -0.15) is 0 Å². The zero-order valence-corrected chi connectivity index (χ0v) is 40.2. The van der Waals surface area contributed by atoms with E-state index in [0.717, 1.165) is 116 Å². The fraction of sp³-hybridized carbons (Fsp3) is 0.814. The minimum absolute atomic E-state index is 0. The standard InChI is InChI=1S/C36H63N7O5.C7H14N3O3.Y/c1-39-32-20-18-28-43(32)36(48)31(38)23-24-35(47)42-26-16-11-7-3-5-8-12-21-33(45)40-25-15-10-6-2-4-9-13-22-34(46)41-27-17-14-19-30(37)29-44;1-4(8)6(12)2-10-5(3-11)7(9)13;/h30-32,37H,2-28,38H2,(H,40,45)(H,41,46)(H,42,47);4-5,8,10-11H,2-3H2,1H3,(H2,9,13);/q2*-1;/t30-,31?,32-;4-,5+;/m01./s1. The molecule has 2 radical (unpaired) electrons. The molecule has 0 spiro atoms.